The minimum Gasteiger partial charge on any atom is -0.481 e. The average Bonchev–Trinajstić information content (AvgIpc) is 2.49. The molecule has 22 heavy (non-hydrogen) atoms. The van der Waals surface area contributed by atoms with Crippen LogP contribution in [-0.4, -0.2) is 59.5 Å². The number of aliphatic carboxylic acids is 1. The smallest absolute Gasteiger partial charge is 0.306 e. The van der Waals surface area contributed by atoms with Gasteiger partial charge < -0.3 is 10.0 Å². The fourth-order valence-electron chi connectivity index (χ4n) is 3.71. The highest BCUT2D eigenvalue weighted by atomic mass is 16.4. The highest BCUT2D eigenvalue weighted by Gasteiger charge is 2.28. The normalized spacial score (nSPS) is 22.2. The molecule has 1 amide bonds. The number of carbonyl (C=O) groups is 2. The molecule has 126 valence electrons. The number of carboxylic acids is 1. The Morgan fingerprint density at radius 3 is 2.14 bits per heavy atom. The number of hydrogen-bond donors (Lipinski definition) is 1. The Morgan fingerprint density at radius 1 is 1.05 bits per heavy atom. The quantitative estimate of drug-likeness (QED) is 0.844. The van der Waals surface area contributed by atoms with Gasteiger partial charge >= 0.3 is 5.97 Å². The Labute approximate surface area is 133 Å². The SMILES string of the molecule is CC(C)CC1CCN(CC(=O)N2CCC(C(=O)O)CC2)CC1. The third kappa shape index (κ3) is 4.97. The highest BCUT2D eigenvalue weighted by molar-refractivity contribution is 5.79. The maximum atomic E-state index is 12.3. The van der Waals surface area contributed by atoms with Gasteiger partial charge in [0.05, 0.1) is 12.5 Å². The molecule has 0 saturated carbocycles. The van der Waals surface area contributed by atoms with Gasteiger partial charge in [0, 0.05) is 13.1 Å². The molecule has 5 nitrogen and oxygen atoms in total. The molecule has 2 fully saturated rings. The minimum absolute atomic E-state index is 0.172. The molecule has 0 aromatic rings. The molecule has 0 aliphatic carbocycles. The number of hydrogen-bond acceptors (Lipinski definition) is 3. The maximum absolute atomic E-state index is 12.3. The molecule has 5 heteroatoms. The van der Waals surface area contributed by atoms with E-state index in [2.05, 4.69) is 18.7 Å². The Hall–Kier alpha value is -1.10. The van der Waals surface area contributed by atoms with Crippen molar-refractivity contribution in [2.24, 2.45) is 17.8 Å². The van der Waals surface area contributed by atoms with Crippen molar-refractivity contribution >= 4 is 11.9 Å². The van der Waals surface area contributed by atoms with E-state index in [0.717, 1.165) is 24.9 Å². The maximum Gasteiger partial charge on any atom is 0.306 e. The summed E-state index contributed by atoms with van der Waals surface area (Å²) >= 11 is 0. The van der Waals surface area contributed by atoms with Crippen LogP contribution in [0.15, 0.2) is 0 Å². The third-order valence-corrected chi connectivity index (χ3v) is 5.07. The van der Waals surface area contributed by atoms with Crippen LogP contribution in [0.1, 0.15) is 46.0 Å². The lowest BCUT2D eigenvalue weighted by atomic mass is 9.88. The summed E-state index contributed by atoms with van der Waals surface area (Å²) in [4.78, 5) is 27.4. The van der Waals surface area contributed by atoms with Crippen molar-refractivity contribution in [3.05, 3.63) is 0 Å². The zero-order chi connectivity index (χ0) is 16.1. The lowest BCUT2D eigenvalue weighted by Crippen LogP contribution is -2.46. The molecule has 0 unspecified atom stereocenters. The first-order valence-electron chi connectivity index (χ1n) is 8.68. The molecule has 1 N–H and O–H groups in total. The van der Waals surface area contributed by atoms with Crippen LogP contribution >= 0.6 is 0 Å². The van der Waals surface area contributed by atoms with Gasteiger partial charge in [0.1, 0.15) is 0 Å². The molecule has 0 bridgehead atoms. The molecule has 0 spiro atoms. The van der Waals surface area contributed by atoms with E-state index in [1.807, 2.05) is 4.90 Å². The van der Waals surface area contributed by atoms with Crippen molar-refractivity contribution in [1.29, 1.82) is 0 Å². The fraction of sp³-hybridized carbons (Fsp3) is 0.882. The second-order valence-electron chi connectivity index (χ2n) is 7.34. The molecule has 0 aromatic carbocycles. The highest BCUT2D eigenvalue weighted by Crippen LogP contribution is 2.24. The van der Waals surface area contributed by atoms with Gasteiger partial charge in [0.2, 0.25) is 5.91 Å². The monoisotopic (exact) mass is 310 g/mol. The zero-order valence-electron chi connectivity index (χ0n) is 14.0. The van der Waals surface area contributed by atoms with Crippen molar-refractivity contribution in [3.8, 4) is 0 Å². The predicted octanol–water partition coefficient (Wildman–Crippen LogP) is 2.07. The summed E-state index contributed by atoms with van der Waals surface area (Å²) in [5.74, 6) is 0.757. The van der Waals surface area contributed by atoms with E-state index < -0.39 is 5.97 Å². The number of carbonyl (C=O) groups excluding carboxylic acids is 1. The summed E-state index contributed by atoms with van der Waals surface area (Å²) in [7, 11) is 0. The standard InChI is InChI=1S/C17H30N2O3/c1-13(2)11-14-3-7-18(8-4-14)12-16(20)19-9-5-15(6-10-19)17(21)22/h13-15H,3-12H2,1-2H3,(H,21,22). The van der Waals surface area contributed by atoms with Crippen LogP contribution in [0.25, 0.3) is 0 Å². The predicted molar refractivity (Wildman–Crippen MR) is 85.6 cm³/mol. The van der Waals surface area contributed by atoms with E-state index in [1.165, 1.54) is 19.3 Å². The van der Waals surface area contributed by atoms with Gasteiger partial charge in [-0.05, 0) is 57.0 Å². The van der Waals surface area contributed by atoms with E-state index in [1.54, 1.807) is 0 Å². The van der Waals surface area contributed by atoms with Gasteiger partial charge in [0.25, 0.3) is 0 Å². The van der Waals surface area contributed by atoms with Crippen LogP contribution in [0.2, 0.25) is 0 Å². The van der Waals surface area contributed by atoms with Gasteiger partial charge in [0.15, 0.2) is 0 Å². The van der Waals surface area contributed by atoms with Crippen molar-refractivity contribution in [2.45, 2.75) is 46.0 Å². The third-order valence-electron chi connectivity index (χ3n) is 5.07. The van der Waals surface area contributed by atoms with Crippen molar-refractivity contribution in [3.63, 3.8) is 0 Å². The van der Waals surface area contributed by atoms with Gasteiger partial charge in [-0.1, -0.05) is 13.8 Å². The fourth-order valence-corrected chi connectivity index (χ4v) is 3.71. The average molecular weight is 310 g/mol. The number of likely N-dealkylation sites (tertiary alicyclic amines) is 2. The first-order valence-corrected chi connectivity index (χ1v) is 8.68. The molecule has 0 atom stereocenters. The summed E-state index contributed by atoms with van der Waals surface area (Å²) in [5, 5.41) is 9.00. The molecule has 2 aliphatic heterocycles. The molecule has 0 radical (unpaired) electrons. The molecule has 2 aliphatic rings. The second kappa shape index (κ2) is 7.95. The lowest BCUT2D eigenvalue weighted by Gasteiger charge is -2.35. The van der Waals surface area contributed by atoms with Crippen LogP contribution in [-0.2, 0) is 9.59 Å². The van der Waals surface area contributed by atoms with Gasteiger partial charge in [-0.3, -0.25) is 14.5 Å². The molecule has 2 rings (SSSR count). The summed E-state index contributed by atoms with van der Waals surface area (Å²) in [6.45, 7) is 8.29. The molecule has 2 heterocycles. The molecular weight excluding hydrogens is 280 g/mol. The van der Waals surface area contributed by atoms with Gasteiger partial charge in [-0.2, -0.15) is 0 Å². The summed E-state index contributed by atoms with van der Waals surface area (Å²) in [5.41, 5.74) is 0. The number of rotatable bonds is 5. The Bertz CT molecular complexity index is 381. The van der Waals surface area contributed by atoms with E-state index in [-0.39, 0.29) is 11.8 Å². The Morgan fingerprint density at radius 2 is 1.64 bits per heavy atom. The number of carboxylic acid groups (broad SMARTS) is 1. The molecule has 0 aromatic heterocycles. The van der Waals surface area contributed by atoms with Crippen LogP contribution in [0.3, 0.4) is 0 Å². The van der Waals surface area contributed by atoms with E-state index in [9.17, 15) is 9.59 Å². The van der Waals surface area contributed by atoms with E-state index >= 15 is 0 Å². The van der Waals surface area contributed by atoms with Gasteiger partial charge in [-0.15, -0.1) is 0 Å². The van der Waals surface area contributed by atoms with Crippen LogP contribution < -0.4 is 0 Å². The first-order chi connectivity index (χ1) is 10.5. The number of amides is 1. The minimum atomic E-state index is -0.723. The lowest BCUT2D eigenvalue weighted by molar-refractivity contribution is -0.146. The molecular formula is C17H30N2O3. The Balaban J connectivity index is 1.69. The van der Waals surface area contributed by atoms with Gasteiger partial charge in [-0.25, -0.2) is 0 Å². The van der Waals surface area contributed by atoms with Crippen molar-refractivity contribution in [1.82, 2.24) is 9.80 Å². The summed E-state index contributed by atoms with van der Waals surface area (Å²) < 4.78 is 0. The summed E-state index contributed by atoms with van der Waals surface area (Å²) in [6.07, 6.45) is 4.89. The number of piperidine rings is 2. The van der Waals surface area contributed by atoms with Crippen molar-refractivity contribution in [2.75, 3.05) is 32.7 Å². The van der Waals surface area contributed by atoms with E-state index in [0.29, 0.717) is 32.5 Å². The number of nitrogens with zero attached hydrogens (tertiary/aromatic N) is 2. The van der Waals surface area contributed by atoms with E-state index in [4.69, 9.17) is 5.11 Å². The second-order valence-corrected chi connectivity index (χ2v) is 7.34. The van der Waals surface area contributed by atoms with Crippen LogP contribution in [0, 0.1) is 17.8 Å². The first kappa shape index (κ1) is 17.3. The zero-order valence-corrected chi connectivity index (χ0v) is 14.0. The Kier molecular flexibility index (Phi) is 6.24. The summed E-state index contributed by atoms with van der Waals surface area (Å²) in [6, 6.07) is 0. The topological polar surface area (TPSA) is 60.9 Å². The molecule has 2 saturated heterocycles. The largest absolute Gasteiger partial charge is 0.481 e. The van der Waals surface area contributed by atoms with Crippen molar-refractivity contribution < 1.29 is 14.7 Å². The van der Waals surface area contributed by atoms with Crippen LogP contribution in [0.4, 0.5) is 0 Å². The van der Waals surface area contributed by atoms with Crippen LogP contribution in [0.5, 0.6) is 0 Å².